The van der Waals surface area contributed by atoms with Gasteiger partial charge in [-0.3, -0.25) is 9.59 Å². The molecule has 1 amide bonds. The second kappa shape index (κ2) is 9.19. The quantitative estimate of drug-likeness (QED) is 0.395. The molecule has 1 atom stereocenters. The molecule has 0 radical (unpaired) electrons. The predicted molar refractivity (Wildman–Crippen MR) is 112 cm³/mol. The number of aliphatic hydroxyl groups excluding tert-OH is 1. The monoisotopic (exact) mass is 431 g/mol. The van der Waals surface area contributed by atoms with Crippen molar-refractivity contribution in [1.82, 2.24) is 4.90 Å². The maximum Gasteiger partial charge on any atom is 0.295 e. The van der Waals surface area contributed by atoms with E-state index in [1.807, 2.05) is 6.92 Å². The van der Waals surface area contributed by atoms with Crippen LogP contribution in [-0.2, 0) is 14.3 Å². The molecular weight excluding hydrogens is 410 g/mol. The van der Waals surface area contributed by atoms with E-state index in [1.165, 1.54) is 30.2 Å². The van der Waals surface area contributed by atoms with Gasteiger partial charge in [-0.15, -0.1) is 0 Å². The Morgan fingerprint density at radius 3 is 2.50 bits per heavy atom. The largest absolute Gasteiger partial charge is 0.508 e. The second-order valence-corrected chi connectivity index (χ2v) is 7.06. The van der Waals surface area contributed by atoms with Crippen molar-refractivity contribution in [3.05, 3.63) is 64.2 Å². The van der Waals surface area contributed by atoms with E-state index in [4.69, 9.17) is 21.1 Å². The number of ketones is 1. The standard InChI is InChI=1S/C22H22ClNO6/c1-3-30-15-8-9-17(23)16(12-15)20(26)18-19(13-4-6-14(25)7-5-13)24(10-11-29-2)22(28)21(18)27/h4-9,12,19,25-26H,3,10-11H2,1-2H3/b20-18+. The van der Waals surface area contributed by atoms with Gasteiger partial charge < -0.3 is 24.6 Å². The molecule has 1 heterocycles. The number of Topliss-reactive ketones (excluding diaryl/α,β-unsaturated/α-hetero) is 1. The molecule has 0 aliphatic carbocycles. The maximum absolute atomic E-state index is 12.9. The summed E-state index contributed by atoms with van der Waals surface area (Å²) in [5, 5.41) is 20.9. The Morgan fingerprint density at radius 1 is 1.17 bits per heavy atom. The molecule has 0 bridgehead atoms. The third-order valence-corrected chi connectivity index (χ3v) is 5.12. The highest BCUT2D eigenvalue weighted by Gasteiger charge is 2.46. The topological polar surface area (TPSA) is 96.3 Å². The molecule has 30 heavy (non-hydrogen) atoms. The first-order chi connectivity index (χ1) is 14.4. The van der Waals surface area contributed by atoms with E-state index >= 15 is 0 Å². The van der Waals surface area contributed by atoms with E-state index in [1.54, 1.807) is 24.3 Å². The highest BCUT2D eigenvalue weighted by Crippen LogP contribution is 2.41. The summed E-state index contributed by atoms with van der Waals surface area (Å²) in [5.41, 5.74) is 0.662. The lowest BCUT2D eigenvalue weighted by Gasteiger charge is -2.25. The first-order valence-electron chi connectivity index (χ1n) is 9.38. The minimum Gasteiger partial charge on any atom is -0.508 e. The Morgan fingerprint density at radius 2 is 1.87 bits per heavy atom. The summed E-state index contributed by atoms with van der Waals surface area (Å²) in [6, 6.07) is 9.97. The number of phenolic OH excluding ortho intramolecular Hbond substituents is 1. The van der Waals surface area contributed by atoms with Crippen LogP contribution >= 0.6 is 11.6 Å². The molecule has 1 aliphatic rings. The number of rotatable bonds is 7. The van der Waals surface area contributed by atoms with Gasteiger partial charge in [-0.05, 0) is 42.8 Å². The molecule has 2 N–H and O–H groups in total. The molecule has 7 nitrogen and oxygen atoms in total. The number of hydrogen-bond acceptors (Lipinski definition) is 6. The van der Waals surface area contributed by atoms with E-state index in [0.717, 1.165) is 0 Å². The highest BCUT2D eigenvalue weighted by molar-refractivity contribution is 6.47. The third kappa shape index (κ3) is 4.13. The number of aliphatic hydroxyl groups is 1. The first-order valence-corrected chi connectivity index (χ1v) is 9.75. The summed E-state index contributed by atoms with van der Waals surface area (Å²) in [6.45, 7) is 2.59. The molecule has 1 fully saturated rings. The van der Waals surface area contributed by atoms with Crippen LogP contribution < -0.4 is 4.74 Å². The van der Waals surface area contributed by atoms with Crippen molar-refractivity contribution >= 4 is 29.1 Å². The molecule has 8 heteroatoms. The fourth-order valence-corrected chi connectivity index (χ4v) is 3.60. The molecule has 1 unspecified atom stereocenters. The van der Waals surface area contributed by atoms with Crippen molar-refractivity contribution in [3.8, 4) is 11.5 Å². The van der Waals surface area contributed by atoms with E-state index < -0.39 is 23.5 Å². The lowest BCUT2D eigenvalue weighted by Crippen LogP contribution is -2.32. The molecule has 2 aromatic carbocycles. The summed E-state index contributed by atoms with van der Waals surface area (Å²) >= 11 is 6.28. The van der Waals surface area contributed by atoms with Gasteiger partial charge in [0.15, 0.2) is 0 Å². The summed E-state index contributed by atoms with van der Waals surface area (Å²) < 4.78 is 10.5. The number of halogens is 1. The van der Waals surface area contributed by atoms with Crippen molar-refractivity contribution < 1.29 is 29.3 Å². The molecule has 158 valence electrons. The summed E-state index contributed by atoms with van der Waals surface area (Å²) in [4.78, 5) is 27.0. The summed E-state index contributed by atoms with van der Waals surface area (Å²) in [6.07, 6.45) is 0. The van der Waals surface area contributed by atoms with Gasteiger partial charge in [-0.2, -0.15) is 0 Å². The zero-order valence-electron chi connectivity index (χ0n) is 16.6. The molecule has 2 aromatic rings. The number of nitrogens with zero attached hydrogens (tertiary/aromatic N) is 1. The normalized spacial score (nSPS) is 18.1. The average molecular weight is 432 g/mol. The van der Waals surface area contributed by atoms with Crippen molar-refractivity contribution in [2.24, 2.45) is 0 Å². The van der Waals surface area contributed by atoms with Crippen molar-refractivity contribution in [1.29, 1.82) is 0 Å². The number of carbonyl (C=O) groups excluding carboxylic acids is 2. The molecule has 1 saturated heterocycles. The number of likely N-dealkylation sites (tertiary alicyclic amines) is 1. The number of carbonyl (C=O) groups is 2. The summed E-state index contributed by atoms with van der Waals surface area (Å²) in [7, 11) is 1.49. The van der Waals surface area contributed by atoms with Crippen LogP contribution in [0.5, 0.6) is 11.5 Å². The van der Waals surface area contributed by atoms with Gasteiger partial charge in [0.2, 0.25) is 0 Å². The van der Waals surface area contributed by atoms with Crippen LogP contribution in [0, 0.1) is 0 Å². The number of phenols is 1. The summed E-state index contributed by atoms with van der Waals surface area (Å²) in [5.74, 6) is -1.44. The number of aromatic hydroxyl groups is 1. The Hall–Kier alpha value is -3.03. The zero-order chi connectivity index (χ0) is 21.8. The SMILES string of the molecule is CCOc1ccc(Cl)c(/C(O)=C2\C(=O)C(=O)N(CCOC)C2c2ccc(O)cc2)c1. The number of benzene rings is 2. The van der Waals surface area contributed by atoms with Crippen LogP contribution in [0.3, 0.4) is 0 Å². The Kier molecular flexibility index (Phi) is 6.64. The molecule has 0 spiro atoms. The minimum absolute atomic E-state index is 0.0417. The Bertz CT molecular complexity index is 986. The van der Waals surface area contributed by atoms with Crippen LogP contribution in [0.4, 0.5) is 0 Å². The van der Waals surface area contributed by atoms with E-state index in [-0.39, 0.29) is 35.1 Å². The van der Waals surface area contributed by atoms with Gasteiger partial charge in [-0.25, -0.2) is 0 Å². The maximum atomic E-state index is 12.9. The second-order valence-electron chi connectivity index (χ2n) is 6.65. The third-order valence-electron chi connectivity index (χ3n) is 4.79. The van der Waals surface area contributed by atoms with E-state index in [2.05, 4.69) is 0 Å². The van der Waals surface area contributed by atoms with Gasteiger partial charge in [0.1, 0.15) is 17.3 Å². The highest BCUT2D eigenvalue weighted by atomic mass is 35.5. The van der Waals surface area contributed by atoms with Crippen molar-refractivity contribution in [2.75, 3.05) is 26.9 Å². The van der Waals surface area contributed by atoms with Gasteiger partial charge in [0.25, 0.3) is 11.7 Å². The first kappa shape index (κ1) is 21.7. The van der Waals surface area contributed by atoms with Crippen molar-refractivity contribution in [3.63, 3.8) is 0 Å². The van der Waals surface area contributed by atoms with Crippen LogP contribution in [0.2, 0.25) is 5.02 Å². The molecule has 3 rings (SSSR count). The fraction of sp³-hybridized carbons (Fsp3) is 0.273. The lowest BCUT2D eigenvalue weighted by molar-refractivity contribution is -0.140. The molecular formula is C22H22ClNO6. The number of methoxy groups -OCH3 is 1. The van der Waals surface area contributed by atoms with Gasteiger partial charge in [-0.1, -0.05) is 23.7 Å². The Labute approximate surface area is 179 Å². The minimum atomic E-state index is -0.854. The van der Waals surface area contributed by atoms with Gasteiger partial charge in [0, 0.05) is 19.2 Å². The molecule has 1 aliphatic heterocycles. The van der Waals surface area contributed by atoms with E-state index in [9.17, 15) is 19.8 Å². The fourth-order valence-electron chi connectivity index (χ4n) is 3.39. The number of ether oxygens (including phenoxy) is 2. The predicted octanol–water partition coefficient (Wildman–Crippen LogP) is 3.51. The average Bonchev–Trinajstić information content (AvgIpc) is 2.98. The van der Waals surface area contributed by atoms with Crippen LogP contribution in [0.15, 0.2) is 48.0 Å². The number of hydrogen-bond donors (Lipinski definition) is 2. The van der Waals surface area contributed by atoms with Crippen LogP contribution in [0.25, 0.3) is 5.76 Å². The molecule has 0 saturated carbocycles. The van der Waals surface area contributed by atoms with Gasteiger partial charge in [0.05, 0.1) is 29.9 Å². The Balaban J connectivity index is 2.18. The van der Waals surface area contributed by atoms with Crippen LogP contribution in [-0.4, -0.2) is 53.7 Å². The van der Waals surface area contributed by atoms with E-state index in [0.29, 0.717) is 17.9 Å². The van der Waals surface area contributed by atoms with Crippen molar-refractivity contribution in [2.45, 2.75) is 13.0 Å². The zero-order valence-corrected chi connectivity index (χ0v) is 17.3. The van der Waals surface area contributed by atoms with Crippen LogP contribution in [0.1, 0.15) is 24.1 Å². The van der Waals surface area contributed by atoms with Gasteiger partial charge >= 0.3 is 0 Å². The lowest BCUT2D eigenvalue weighted by atomic mass is 9.95. The smallest absolute Gasteiger partial charge is 0.295 e. The molecule has 0 aromatic heterocycles. The number of amides is 1.